The molecular weight excluding hydrogens is 340 g/mol. The SMILES string of the molecule is COc1cc(C2(C(=O)NCCc3ccc(NC(C)=O)cc3)CC2)ccc1C. The molecule has 1 aliphatic carbocycles. The van der Waals surface area contributed by atoms with E-state index in [0.29, 0.717) is 6.54 Å². The standard InChI is InChI=1S/C22H26N2O3/c1-15-4-7-18(14-20(15)27-3)22(11-12-22)21(26)23-13-10-17-5-8-19(9-6-17)24-16(2)25/h4-9,14H,10-13H2,1-3H3,(H,23,26)(H,24,25). The van der Waals surface area contributed by atoms with Gasteiger partial charge in [-0.1, -0.05) is 24.3 Å². The number of carbonyl (C=O) groups excluding carboxylic acids is 2. The molecule has 2 amide bonds. The number of amides is 2. The minimum atomic E-state index is -0.407. The van der Waals surface area contributed by atoms with Crippen LogP contribution in [0.2, 0.25) is 0 Å². The van der Waals surface area contributed by atoms with Crippen molar-refractivity contribution in [2.45, 2.75) is 38.5 Å². The number of methoxy groups -OCH3 is 1. The lowest BCUT2D eigenvalue weighted by atomic mass is 9.93. The summed E-state index contributed by atoms with van der Waals surface area (Å²) in [5.41, 5.74) is 3.59. The lowest BCUT2D eigenvalue weighted by Crippen LogP contribution is -2.36. The smallest absolute Gasteiger partial charge is 0.230 e. The van der Waals surface area contributed by atoms with Gasteiger partial charge in [-0.3, -0.25) is 9.59 Å². The summed E-state index contributed by atoms with van der Waals surface area (Å²) in [6, 6.07) is 13.7. The van der Waals surface area contributed by atoms with Crippen molar-refractivity contribution in [2.75, 3.05) is 19.0 Å². The van der Waals surface area contributed by atoms with Crippen LogP contribution >= 0.6 is 0 Å². The van der Waals surface area contributed by atoms with Crippen LogP contribution < -0.4 is 15.4 Å². The van der Waals surface area contributed by atoms with Crippen LogP contribution in [0.1, 0.15) is 36.5 Å². The van der Waals surface area contributed by atoms with Crippen LogP contribution in [0.25, 0.3) is 0 Å². The normalized spacial score (nSPS) is 14.3. The first-order chi connectivity index (χ1) is 12.9. The Labute approximate surface area is 160 Å². The number of anilines is 1. The Kier molecular flexibility index (Phi) is 5.49. The third kappa shape index (κ3) is 4.30. The Morgan fingerprint density at radius 1 is 1.11 bits per heavy atom. The molecule has 2 N–H and O–H groups in total. The topological polar surface area (TPSA) is 67.4 Å². The fraction of sp³-hybridized carbons (Fsp3) is 0.364. The quantitative estimate of drug-likeness (QED) is 0.790. The molecule has 1 fully saturated rings. The molecule has 27 heavy (non-hydrogen) atoms. The van der Waals surface area contributed by atoms with E-state index in [-0.39, 0.29) is 11.8 Å². The van der Waals surface area contributed by atoms with Gasteiger partial charge in [0.05, 0.1) is 12.5 Å². The Morgan fingerprint density at radius 2 is 1.81 bits per heavy atom. The number of hydrogen-bond acceptors (Lipinski definition) is 3. The molecule has 1 saturated carbocycles. The van der Waals surface area contributed by atoms with Crippen molar-refractivity contribution in [3.8, 4) is 5.75 Å². The van der Waals surface area contributed by atoms with Gasteiger partial charge >= 0.3 is 0 Å². The monoisotopic (exact) mass is 366 g/mol. The van der Waals surface area contributed by atoms with Crippen LogP contribution in [-0.4, -0.2) is 25.5 Å². The van der Waals surface area contributed by atoms with E-state index >= 15 is 0 Å². The van der Waals surface area contributed by atoms with Gasteiger partial charge < -0.3 is 15.4 Å². The van der Waals surface area contributed by atoms with Crippen LogP contribution in [0.4, 0.5) is 5.69 Å². The van der Waals surface area contributed by atoms with E-state index in [4.69, 9.17) is 4.74 Å². The number of hydrogen-bond donors (Lipinski definition) is 2. The zero-order valence-corrected chi connectivity index (χ0v) is 16.1. The van der Waals surface area contributed by atoms with Crippen LogP contribution in [0.15, 0.2) is 42.5 Å². The predicted octanol–water partition coefficient (Wildman–Crippen LogP) is 3.35. The summed E-state index contributed by atoms with van der Waals surface area (Å²) in [5.74, 6) is 0.826. The molecule has 0 unspecified atom stereocenters. The maximum absolute atomic E-state index is 12.8. The lowest BCUT2D eigenvalue weighted by molar-refractivity contribution is -0.123. The van der Waals surface area contributed by atoms with Crippen molar-refractivity contribution in [1.82, 2.24) is 5.32 Å². The molecule has 3 rings (SSSR count). The van der Waals surface area contributed by atoms with E-state index in [1.54, 1.807) is 7.11 Å². The van der Waals surface area contributed by atoms with Crippen molar-refractivity contribution < 1.29 is 14.3 Å². The first-order valence-corrected chi connectivity index (χ1v) is 9.24. The highest BCUT2D eigenvalue weighted by Gasteiger charge is 2.51. The van der Waals surface area contributed by atoms with Gasteiger partial charge in [0.1, 0.15) is 5.75 Å². The Morgan fingerprint density at radius 3 is 2.41 bits per heavy atom. The van der Waals surface area contributed by atoms with E-state index in [1.807, 2.05) is 49.4 Å². The molecule has 5 nitrogen and oxygen atoms in total. The molecule has 5 heteroatoms. The highest BCUT2D eigenvalue weighted by Crippen LogP contribution is 2.49. The van der Waals surface area contributed by atoms with Gasteiger partial charge in [0.15, 0.2) is 0 Å². The van der Waals surface area contributed by atoms with Crippen molar-refractivity contribution >= 4 is 17.5 Å². The predicted molar refractivity (Wildman–Crippen MR) is 106 cm³/mol. The first kappa shape index (κ1) is 19.0. The van der Waals surface area contributed by atoms with E-state index < -0.39 is 5.41 Å². The average Bonchev–Trinajstić information content (AvgIpc) is 3.45. The molecule has 0 aliphatic heterocycles. The van der Waals surface area contributed by atoms with Gasteiger partial charge in [-0.05, 0) is 61.1 Å². The number of nitrogens with one attached hydrogen (secondary N) is 2. The summed E-state index contributed by atoms with van der Waals surface area (Å²) in [4.78, 5) is 23.8. The second kappa shape index (κ2) is 7.82. The molecule has 2 aromatic rings. The lowest BCUT2D eigenvalue weighted by Gasteiger charge is -2.17. The van der Waals surface area contributed by atoms with Gasteiger partial charge in [-0.25, -0.2) is 0 Å². The minimum Gasteiger partial charge on any atom is -0.496 e. The molecule has 0 radical (unpaired) electrons. The van der Waals surface area contributed by atoms with E-state index in [9.17, 15) is 9.59 Å². The molecule has 0 heterocycles. The maximum atomic E-state index is 12.8. The van der Waals surface area contributed by atoms with E-state index in [0.717, 1.165) is 47.4 Å². The van der Waals surface area contributed by atoms with Crippen molar-refractivity contribution in [1.29, 1.82) is 0 Å². The van der Waals surface area contributed by atoms with E-state index in [1.165, 1.54) is 6.92 Å². The van der Waals surface area contributed by atoms with Crippen molar-refractivity contribution in [2.24, 2.45) is 0 Å². The van der Waals surface area contributed by atoms with Crippen LogP contribution in [0.5, 0.6) is 5.75 Å². The van der Waals surface area contributed by atoms with Gasteiger partial charge in [0, 0.05) is 19.2 Å². The Bertz CT molecular complexity index is 839. The molecule has 0 saturated heterocycles. The highest BCUT2D eigenvalue weighted by atomic mass is 16.5. The third-order valence-electron chi connectivity index (χ3n) is 5.12. The number of aryl methyl sites for hydroxylation is 1. The van der Waals surface area contributed by atoms with Crippen LogP contribution in [-0.2, 0) is 21.4 Å². The number of ether oxygens (including phenoxy) is 1. The number of rotatable bonds is 7. The second-order valence-corrected chi connectivity index (χ2v) is 7.15. The van der Waals surface area contributed by atoms with Gasteiger partial charge in [-0.2, -0.15) is 0 Å². The van der Waals surface area contributed by atoms with Gasteiger partial charge in [-0.15, -0.1) is 0 Å². The Hall–Kier alpha value is -2.82. The van der Waals surface area contributed by atoms with E-state index in [2.05, 4.69) is 10.6 Å². The maximum Gasteiger partial charge on any atom is 0.230 e. The fourth-order valence-corrected chi connectivity index (χ4v) is 3.34. The summed E-state index contributed by atoms with van der Waals surface area (Å²) in [5, 5.41) is 5.83. The van der Waals surface area contributed by atoms with Crippen LogP contribution in [0, 0.1) is 6.92 Å². The fourth-order valence-electron chi connectivity index (χ4n) is 3.34. The summed E-state index contributed by atoms with van der Waals surface area (Å²) < 4.78 is 5.40. The van der Waals surface area contributed by atoms with Crippen molar-refractivity contribution in [3.05, 3.63) is 59.2 Å². The molecule has 0 bridgehead atoms. The first-order valence-electron chi connectivity index (χ1n) is 9.24. The highest BCUT2D eigenvalue weighted by molar-refractivity contribution is 5.91. The molecule has 0 atom stereocenters. The summed E-state index contributed by atoms with van der Waals surface area (Å²) in [7, 11) is 1.66. The summed E-state index contributed by atoms with van der Waals surface area (Å²) in [6.07, 6.45) is 2.49. The average molecular weight is 366 g/mol. The zero-order chi connectivity index (χ0) is 19.4. The van der Waals surface area contributed by atoms with Crippen molar-refractivity contribution in [3.63, 3.8) is 0 Å². The van der Waals surface area contributed by atoms with Gasteiger partial charge in [0.2, 0.25) is 11.8 Å². The second-order valence-electron chi connectivity index (χ2n) is 7.15. The molecule has 142 valence electrons. The largest absolute Gasteiger partial charge is 0.496 e. The third-order valence-corrected chi connectivity index (χ3v) is 5.12. The summed E-state index contributed by atoms with van der Waals surface area (Å²) >= 11 is 0. The minimum absolute atomic E-state index is 0.0857. The molecule has 1 aliphatic rings. The molecule has 0 spiro atoms. The Balaban J connectivity index is 1.57. The molecule has 0 aromatic heterocycles. The summed E-state index contributed by atoms with van der Waals surface area (Å²) in [6.45, 7) is 4.07. The number of carbonyl (C=O) groups is 2. The molecule has 2 aromatic carbocycles. The van der Waals surface area contributed by atoms with Gasteiger partial charge in [0.25, 0.3) is 0 Å². The number of benzene rings is 2. The van der Waals surface area contributed by atoms with Crippen LogP contribution in [0.3, 0.4) is 0 Å². The molecular formula is C22H26N2O3. The zero-order valence-electron chi connectivity index (χ0n) is 16.1.